The number of aromatic nitrogens is 1. The van der Waals surface area contributed by atoms with Gasteiger partial charge in [-0.1, -0.05) is 0 Å². The van der Waals surface area contributed by atoms with Gasteiger partial charge in [-0.05, 0) is 57.0 Å². The number of hydrogen-bond acceptors (Lipinski definition) is 7. The molecule has 1 aromatic carbocycles. The van der Waals surface area contributed by atoms with Crippen molar-refractivity contribution in [3.05, 3.63) is 42.1 Å². The Morgan fingerprint density at radius 3 is 2.47 bits per heavy atom. The molecule has 0 bridgehead atoms. The van der Waals surface area contributed by atoms with E-state index in [9.17, 15) is 13.2 Å². The zero-order valence-corrected chi connectivity index (χ0v) is 19.2. The van der Waals surface area contributed by atoms with Crippen LogP contribution in [-0.4, -0.2) is 57.8 Å². The summed E-state index contributed by atoms with van der Waals surface area (Å²) in [5.74, 6) is 0.572. The van der Waals surface area contributed by atoms with Gasteiger partial charge in [-0.3, -0.25) is 4.79 Å². The third-order valence-corrected chi connectivity index (χ3v) is 6.91. The molecule has 1 saturated carbocycles. The van der Waals surface area contributed by atoms with Crippen molar-refractivity contribution in [1.82, 2.24) is 9.71 Å². The van der Waals surface area contributed by atoms with Crippen molar-refractivity contribution >= 4 is 27.4 Å². The average Bonchev–Trinajstić information content (AvgIpc) is 3.56. The number of ether oxygens (including phenoxy) is 2. The van der Waals surface area contributed by atoms with Gasteiger partial charge in [0, 0.05) is 24.7 Å². The molecule has 1 amide bonds. The fourth-order valence-electron chi connectivity index (χ4n) is 3.73. The molecule has 2 fully saturated rings. The Morgan fingerprint density at radius 2 is 1.88 bits per heavy atom. The monoisotopic (exact) mass is 460 g/mol. The largest absolute Gasteiger partial charge is 0.495 e. The Kier molecular flexibility index (Phi) is 6.36. The van der Waals surface area contributed by atoms with E-state index in [2.05, 4.69) is 19.9 Å². The van der Waals surface area contributed by atoms with E-state index in [0.29, 0.717) is 5.69 Å². The minimum atomic E-state index is -3.78. The molecular weight excluding hydrogens is 432 g/mol. The second-order valence-corrected chi connectivity index (χ2v) is 9.97. The highest BCUT2D eigenvalue weighted by Gasteiger charge is 2.30. The normalized spacial score (nSPS) is 21.3. The van der Waals surface area contributed by atoms with Gasteiger partial charge in [0.25, 0.3) is 5.91 Å². The van der Waals surface area contributed by atoms with Crippen molar-refractivity contribution in [2.75, 3.05) is 30.4 Å². The first-order chi connectivity index (χ1) is 15.2. The first-order valence-corrected chi connectivity index (χ1v) is 12.1. The fourth-order valence-corrected chi connectivity index (χ4v) is 5.23. The van der Waals surface area contributed by atoms with Gasteiger partial charge in [-0.25, -0.2) is 18.1 Å². The molecule has 0 radical (unpaired) electrons. The van der Waals surface area contributed by atoms with Crippen molar-refractivity contribution < 1.29 is 22.7 Å². The molecule has 1 aromatic heterocycles. The minimum absolute atomic E-state index is 0.0516. The molecule has 0 spiro atoms. The van der Waals surface area contributed by atoms with Gasteiger partial charge in [0.2, 0.25) is 10.0 Å². The lowest BCUT2D eigenvalue weighted by molar-refractivity contribution is -0.00545. The van der Waals surface area contributed by atoms with Gasteiger partial charge >= 0.3 is 0 Å². The second kappa shape index (κ2) is 9.05. The molecule has 2 heterocycles. The van der Waals surface area contributed by atoms with Crippen LogP contribution in [-0.2, 0) is 14.8 Å². The summed E-state index contributed by atoms with van der Waals surface area (Å²) >= 11 is 0. The summed E-state index contributed by atoms with van der Waals surface area (Å²) in [6.07, 6.45) is 3.46. The van der Waals surface area contributed by atoms with E-state index in [-0.39, 0.29) is 34.5 Å². The zero-order valence-electron chi connectivity index (χ0n) is 18.4. The number of carbonyl (C=O) groups is 1. The van der Waals surface area contributed by atoms with E-state index in [1.807, 2.05) is 19.9 Å². The summed E-state index contributed by atoms with van der Waals surface area (Å²) in [7, 11) is -2.38. The van der Waals surface area contributed by atoms with Gasteiger partial charge in [-0.2, -0.15) is 0 Å². The number of nitrogens with zero attached hydrogens (tertiary/aromatic N) is 2. The number of anilines is 2. The molecular formula is C22H28N4O5S. The molecule has 1 aliphatic carbocycles. The van der Waals surface area contributed by atoms with Crippen LogP contribution in [0.2, 0.25) is 0 Å². The van der Waals surface area contributed by atoms with Gasteiger partial charge in [0.15, 0.2) is 0 Å². The quantitative estimate of drug-likeness (QED) is 0.653. The van der Waals surface area contributed by atoms with Crippen molar-refractivity contribution in [2.24, 2.45) is 0 Å². The first kappa shape index (κ1) is 22.5. The second-order valence-electron chi connectivity index (χ2n) is 8.28. The van der Waals surface area contributed by atoms with E-state index in [1.165, 1.54) is 25.3 Å². The number of pyridine rings is 1. The maximum absolute atomic E-state index is 12.8. The van der Waals surface area contributed by atoms with E-state index in [1.54, 1.807) is 12.3 Å². The Bertz CT molecular complexity index is 1080. The summed E-state index contributed by atoms with van der Waals surface area (Å²) in [5.41, 5.74) is 0.728. The average molecular weight is 461 g/mol. The van der Waals surface area contributed by atoms with E-state index < -0.39 is 15.9 Å². The van der Waals surface area contributed by atoms with Crippen LogP contribution in [0.15, 0.2) is 41.4 Å². The molecule has 2 atom stereocenters. The van der Waals surface area contributed by atoms with E-state index >= 15 is 0 Å². The summed E-state index contributed by atoms with van der Waals surface area (Å²) in [4.78, 5) is 19.3. The Balaban J connectivity index is 1.48. The Labute approximate surface area is 188 Å². The van der Waals surface area contributed by atoms with Crippen LogP contribution < -0.4 is 19.7 Å². The molecule has 4 rings (SSSR count). The van der Waals surface area contributed by atoms with Crippen LogP contribution in [0.25, 0.3) is 0 Å². The maximum Gasteiger partial charge on any atom is 0.255 e. The summed E-state index contributed by atoms with van der Waals surface area (Å²) in [6, 6.07) is 7.92. The molecule has 172 valence electrons. The Hall–Kier alpha value is -2.69. The summed E-state index contributed by atoms with van der Waals surface area (Å²) < 4.78 is 38.9. The number of amides is 1. The molecule has 2 unspecified atom stereocenters. The zero-order chi connectivity index (χ0) is 22.9. The lowest BCUT2D eigenvalue weighted by atomic mass is 10.2. The van der Waals surface area contributed by atoms with Crippen molar-refractivity contribution in [1.29, 1.82) is 0 Å². The minimum Gasteiger partial charge on any atom is -0.495 e. The van der Waals surface area contributed by atoms with Gasteiger partial charge in [0.1, 0.15) is 16.5 Å². The highest BCUT2D eigenvalue weighted by molar-refractivity contribution is 7.89. The molecule has 2 N–H and O–H groups in total. The van der Waals surface area contributed by atoms with Crippen molar-refractivity contribution in [2.45, 2.75) is 49.8 Å². The van der Waals surface area contributed by atoms with Crippen LogP contribution in [0.4, 0.5) is 11.5 Å². The SMILES string of the molecule is COc1ccc(C(=O)Nc2ccc(N3CC(C)OC(C)C3)nc2)cc1S(=O)(=O)NC1CC1. The molecule has 1 aliphatic heterocycles. The molecule has 9 nitrogen and oxygen atoms in total. The van der Waals surface area contributed by atoms with Crippen molar-refractivity contribution in [3.8, 4) is 5.75 Å². The van der Waals surface area contributed by atoms with Crippen LogP contribution >= 0.6 is 0 Å². The highest BCUT2D eigenvalue weighted by atomic mass is 32.2. The van der Waals surface area contributed by atoms with Gasteiger partial charge < -0.3 is 19.7 Å². The third kappa shape index (κ3) is 5.20. The van der Waals surface area contributed by atoms with Crippen LogP contribution in [0.5, 0.6) is 5.75 Å². The molecule has 32 heavy (non-hydrogen) atoms. The number of nitrogens with one attached hydrogen (secondary N) is 2. The molecule has 2 aromatic rings. The number of rotatable bonds is 7. The first-order valence-electron chi connectivity index (χ1n) is 10.6. The predicted octanol–water partition coefficient (Wildman–Crippen LogP) is 2.40. The van der Waals surface area contributed by atoms with Crippen molar-refractivity contribution in [3.63, 3.8) is 0 Å². The number of sulfonamides is 1. The molecule has 1 saturated heterocycles. The predicted molar refractivity (Wildman–Crippen MR) is 121 cm³/mol. The van der Waals surface area contributed by atoms with E-state index in [0.717, 1.165) is 31.7 Å². The Morgan fingerprint density at radius 1 is 1.16 bits per heavy atom. The number of carbonyl (C=O) groups excluding carboxylic acids is 1. The lowest BCUT2D eigenvalue weighted by Crippen LogP contribution is -2.45. The van der Waals surface area contributed by atoms with E-state index in [4.69, 9.17) is 9.47 Å². The van der Waals surface area contributed by atoms with Crippen LogP contribution in [0, 0.1) is 0 Å². The number of methoxy groups -OCH3 is 1. The van der Waals surface area contributed by atoms with Crippen LogP contribution in [0.3, 0.4) is 0 Å². The lowest BCUT2D eigenvalue weighted by Gasteiger charge is -2.36. The maximum atomic E-state index is 12.8. The van der Waals surface area contributed by atoms with Crippen LogP contribution in [0.1, 0.15) is 37.0 Å². The van der Waals surface area contributed by atoms with Gasteiger partial charge in [-0.15, -0.1) is 0 Å². The molecule has 10 heteroatoms. The third-order valence-electron chi connectivity index (χ3n) is 5.36. The number of hydrogen-bond donors (Lipinski definition) is 2. The topological polar surface area (TPSA) is 110 Å². The van der Waals surface area contributed by atoms with Gasteiger partial charge in [0.05, 0.1) is 31.2 Å². The highest BCUT2D eigenvalue weighted by Crippen LogP contribution is 2.29. The summed E-state index contributed by atoms with van der Waals surface area (Å²) in [6.45, 7) is 5.56. The fraction of sp³-hybridized carbons (Fsp3) is 0.455. The summed E-state index contributed by atoms with van der Waals surface area (Å²) in [5, 5.41) is 2.77. The smallest absolute Gasteiger partial charge is 0.255 e. The number of benzene rings is 1. The standard InChI is InChI=1S/C22H28N4O5S/c1-14-12-26(13-15(2)31-14)21-9-7-18(11-23-21)24-22(27)16-4-8-19(30-3)20(10-16)32(28,29)25-17-5-6-17/h4,7-11,14-15,17,25H,5-6,12-13H2,1-3H3,(H,24,27). The molecule has 2 aliphatic rings. The number of morpholine rings is 1.